The first kappa shape index (κ1) is 46.6. The first-order valence-corrected chi connectivity index (χ1v) is 24.2. The summed E-state index contributed by atoms with van der Waals surface area (Å²) in [5.74, 6) is -0.742. The van der Waals surface area contributed by atoms with Crippen LogP contribution >= 0.6 is 0 Å². The van der Waals surface area contributed by atoms with Gasteiger partial charge in [-0.2, -0.15) is 4.98 Å². The lowest BCUT2D eigenvalue weighted by Gasteiger charge is -2.52. The Bertz CT molecular complexity index is 2000. The van der Waals surface area contributed by atoms with Gasteiger partial charge in [-0.25, -0.2) is 9.59 Å². The first-order chi connectivity index (χ1) is 28.3. The van der Waals surface area contributed by atoms with Crippen LogP contribution in [0.3, 0.4) is 0 Å². The number of ether oxygens (including phenoxy) is 4. The van der Waals surface area contributed by atoms with Crippen molar-refractivity contribution in [2.45, 2.75) is 134 Å². The molecule has 2 aliphatic rings. The molecule has 2 saturated heterocycles. The number of hydrogen-bond acceptors (Lipinski definition) is 15. The number of carbonyl (C=O) groups excluding carboxylic acids is 1. The van der Waals surface area contributed by atoms with Gasteiger partial charge in [-0.15, -0.1) is 0 Å². The zero-order valence-electron chi connectivity index (χ0n) is 35.5. The normalized spacial score (nSPS) is 23.0. The van der Waals surface area contributed by atoms with Crippen LogP contribution in [0.15, 0.2) is 65.6 Å². The predicted octanol–water partition coefficient (Wildman–Crippen LogP) is 6.64. The van der Waals surface area contributed by atoms with Gasteiger partial charge in [-0.1, -0.05) is 79.7 Å². The minimum Gasteiger partial charge on any atom is -0.463 e. The molecule has 6 atom stereocenters. The smallest absolute Gasteiger partial charge is 0.351 e. The molecule has 0 radical (unpaired) electrons. The molecular formula is C40H57N5O13Si2. The van der Waals surface area contributed by atoms with Gasteiger partial charge in [0.05, 0.1) is 23.1 Å². The van der Waals surface area contributed by atoms with Crippen molar-refractivity contribution in [2.75, 3.05) is 18.9 Å². The lowest BCUT2D eigenvalue weighted by molar-refractivity contribution is -0.385. The van der Waals surface area contributed by atoms with Crippen molar-refractivity contribution in [1.82, 2.24) is 9.55 Å². The summed E-state index contributed by atoms with van der Waals surface area (Å²) in [7, 11) is -6.81. The molecule has 2 aliphatic heterocycles. The van der Waals surface area contributed by atoms with E-state index in [4.69, 9.17) is 37.6 Å². The Morgan fingerprint density at radius 3 is 1.77 bits per heavy atom. The number of nitrogens with zero attached hydrogens (tertiary/aromatic N) is 4. The number of nitro benzene ring substituents is 2. The number of fused-ring (bicyclic) bond motifs is 1. The Labute approximate surface area is 351 Å². The van der Waals surface area contributed by atoms with Crippen LogP contribution in [-0.4, -0.2) is 86.4 Å². The highest BCUT2D eigenvalue weighted by Gasteiger charge is 2.65. The maximum Gasteiger partial charge on any atom is 0.351 e. The molecule has 3 heterocycles. The van der Waals surface area contributed by atoms with E-state index in [1.54, 1.807) is 31.2 Å². The maximum atomic E-state index is 14.5. The molecule has 0 spiro atoms. The summed E-state index contributed by atoms with van der Waals surface area (Å²) in [6.45, 7) is 18.1. The van der Waals surface area contributed by atoms with Gasteiger partial charge in [0.2, 0.25) is 0 Å². The van der Waals surface area contributed by atoms with E-state index >= 15 is 0 Å². The molecule has 0 amide bonds. The summed E-state index contributed by atoms with van der Waals surface area (Å²) < 4.78 is 48.7. The molecule has 328 valence electrons. The third-order valence-electron chi connectivity index (χ3n) is 11.1. The first-order valence-electron chi connectivity index (χ1n) is 20.3. The van der Waals surface area contributed by atoms with Crippen molar-refractivity contribution in [2.24, 2.45) is 0 Å². The quantitative estimate of drug-likeness (QED) is 0.0493. The number of non-ortho nitro benzene ring substituents is 2. The molecule has 3 aromatic rings. The summed E-state index contributed by atoms with van der Waals surface area (Å²) in [6, 6.07) is 13.6. The van der Waals surface area contributed by atoms with Crippen LogP contribution < -0.4 is 11.4 Å². The van der Waals surface area contributed by atoms with Gasteiger partial charge in [0.25, 0.3) is 11.4 Å². The van der Waals surface area contributed by atoms with E-state index in [-0.39, 0.29) is 59.0 Å². The fraction of sp³-hybridized carbons (Fsp3) is 0.575. The second-order valence-corrected chi connectivity index (χ2v) is 25.2. The summed E-state index contributed by atoms with van der Waals surface area (Å²) in [6.07, 6.45) is -4.72. The number of hydrogen-bond donors (Lipinski definition) is 1. The molecule has 1 aromatic heterocycles. The number of benzene rings is 2. The van der Waals surface area contributed by atoms with Crippen molar-refractivity contribution in [1.29, 1.82) is 0 Å². The summed E-state index contributed by atoms with van der Waals surface area (Å²) in [5, 5.41) is 22.3. The number of anilines is 1. The maximum absolute atomic E-state index is 14.5. The zero-order chi connectivity index (χ0) is 44.1. The molecule has 2 unspecified atom stereocenters. The van der Waals surface area contributed by atoms with E-state index in [9.17, 15) is 29.8 Å². The second kappa shape index (κ2) is 19.5. The van der Waals surface area contributed by atoms with E-state index in [0.717, 1.165) is 11.1 Å². The topological polar surface area (TPSA) is 229 Å². The fourth-order valence-corrected chi connectivity index (χ4v) is 19.1. The van der Waals surface area contributed by atoms with Gasteiger partial charge in [0.1, 0.15) is 24.1 Å². The Balaban J connectivity index is 1.54. The summed E-state index contributed by atoms with van der Waals surface area (Å²) in [5.41, 5.74) is 6.08. The van der Waals surface area contributed by atoms with Gasteiger partial charge in [-0.05, 0) is 52.7 Å². The van der Waals surface area contributed by atoms with Crippen molar-refractivity contribution in [3.8, 4) is 0 Å². The number of nitro groups is 2. The number of carbonyl (C=O) groups is 1. The molecule has 60 heavy (non-hydrogen) atoms. The molecule has 20 heteroatoms. The highest BCUT2D eigenvalue weighted by Crippen LogP contribution is 2.50. The lowest BCUT2D eigenvalue weighted by Crippen LogP contribution is -2.68. The Morgan fingerprint density at radius 2 is 1.28 bits per heavy atom. The summed E-state index contributed by atoms with van der Waals surface area (Å²) in [4.78, 5) is 53.4. The number of aromatic nitrogens is 2. The minimum atomic E-state index is -3.43. The second-order valence-electron chi connectivity index (χ2n) is 16.4. The van der Waals surface area contributed by atoms with Crippen molar-refractivity contribution in [3.05, 3.63) is 103 Å². The number of nitrogen functional groups attached to an aromatic ring is 1. The van der Waals surface area contributed by atoms with E-state index in [1.807, 2.05) is 55.4 Å². The Morgan fingerprint density at radius 1 is 0.783 bits per heavy atom. The average Bonchev–Trinajstić information content (AvgIpc) is 3.50. The van der Waals surface area contributed by atoms with Crippen LogP contribution in [0.4, 0.5) is 17.2 Å². The van der Waals surface area contributed by atoms with Crippen LogP contribution in [0, 0.1) is 20.2 Å². The largest absolute Gasteiger partial charge is 0.463 e. The van der Waals surface area contributed by atoms with E-state index in [2.05, 4.69) is 4.98 Å². The Kier molecular flexibility index (Phi) is 15.2. The third-order valence-corrected chi connectivity index (χ3v) is 21.3. The van der Waals surface area contributed by atoms with Gasteiger partial charge in [-0.3, -0.25) is 24.8 Å². The molecule has 2 fully saturated rings. The number of esters is 1. The van der Waals surface area contributed by atoms with Crippen LogP contribution in [0.2, 0.25) is 22.2 Å². The zero-order valence-corrected chi connectivity index (χ0v) is 37.5. The molecule has 2 N–H and O–H groups in total. The van der Waals surface area contributed by atoms with Crippen molar-refractivity contribution >= 4 is 40.3 Å². The van der Waals surface area contributed by atoms with Crippen LogP contribution in [0.1, 0.15) is 79.7 Å². The highest BCUT2D eigenvalue weighted by atomic mass is 28.5. The molecule has 18 nitrogen and oxygen atoms in total. The molecule has 2 aromatic carbocycles. The molecule has 0 aliphatic carbocycles. The summed E-state index contributed by atoms with van der Waals surface area (Å²) >= 11 is 0. The van der Waals surface area contributed by atoms with Gasteiger partial charge in [0.15, 0.2) is 18.6 Å². The number of rotatable bonds is 17. The van der Waals surface area contributed by atoms with E-state index in [0.29, 0.717) is 6.42 Å². The molecular weight excluding hydrogens is 815 g/mol. The Hall–Kier alpha value is -4.42. The minimum absolute atomic E-state index is 0.00109. The SMILES string of the molecule is CC(OCCc1ccc([N+](=O)[O-])cc1)O[C@@H]1[C@@H]2O[Si](C(C)C)(C(C)C)O[Si](C(C)C)(C(C)C)OC(C(=O)OCCc3ccc([N+](=O)[O-])cc3)[C@H]2O[C@H]1n1ccc(N)nc1=O. The van der Waals surface area contributed by atoms with Crippen molar-refractivity contribution in [3.63, 3.8) is 0 Å². The van der Waals surface area contributed by atoms with Crippen molar-refractivity contribution < 1.29 is 46.6 Å². The van der Waals surface area contributed by atoms with Crippen LogP contribution in [-0.2, 0) is 49.6 Å². The van der Waals surface area contributed by atoms with E-state index < -0.39 is 75.6 Å². The lowest BCUT2D eigenvalue weighted by atomic mass is 10.1. The van der Waals surface area contributed by atoms with Crippen LogP contribution in [0.5, 0.6) is 0 Å². The highest BCUT2D eigenvalue weighted by molar-refractivity contribution is 6.84. The van der Waals surface area contributed by atoms with Gasteiger partial charge < -0.3 is 37.6 Å². The standard InChI is InChI=1S/C40H57N5O13Si2/c1-24(2)59(25(3)4)56-35-34(37(57-60(58-59,26(5)6)27(7)8)39(46)53-23-20-30-12-16-32(17-13-30)45(50)51)55-38(43-21-18-33(41)42-40(43)47)36(35)54-28(9)52-22-19-29-10-14-31(15-11-29)44(48)49/h10-18,21,24-28,34-38H,19-20,22-23H2,1-9H3,(H2,41,42,47)/t28?,34-,35+,36+,37?,38+/m0/s1. The average molecular weight is 872 g/mol. The van der Waals surface area contributed by atoms with E-state index in [1.165, 1.54) is 41.1 Å². The monoisotopic (exact) mass is 871 g/mol. The molecule has 5 rings (SSSR count). The van der Waals surface area contributed by atoms with Crippen LogP contribution in [0.25, 0.3) is 0 Å². The number of nitrogens with two attached hydrogens (primary N) is 1. The predicted molar refractivity (Wildman–Crippen MR) is 224 cm³/mol. The van der Waals surface area contributed by atoms with Gasteiger partial charge in [0, 0.05) is 36.9 Å². The van der Waals surface area contributed by atoms with Gasteiger partial charge >= 0.3 is 28.8 Å². The third kappa shape index (κ3) is 10.2. The fourth-order valence-electron chi connectivity index (χ4n) is 7.86. The molecule has 0 bridgehead atoms. The molecule has 0 saturated carbocycles.